The first kappa shape index (κ1) is 19.1. The van der Waals surface area contributed by atoms with Crippen LogP contribution in [-0.2, 0) is 22.5 Å². The Bertz CT molecular complexity index is 1080. The third kappa shape index (κ3) is 4.35. The molecule has 0 bridgehead atoms. The van der Waals surface area contributed by atoms with Crippen molar-refractivity contribution in [2.75, 3.05) is 7.11 Å². The molecule has 7 heteroatoms. The minimum Gasteiger partial charge on any atom is -0.465 e. The van der Waals surface area contributed by atoms with Gasteiger partial charge in [-0.3, -0.25) is 4.79 Å². The summed E-state index contributed by atoms with van der Waals surface area (Å²) in [5.74, 6) is -0.659. The number of ether oxygens (including phenoxy) is 1. The number of hydrogen-bond acceptors (Lipinski definition) is 4. The van der Waals surface area contributed by atoms with Crippen LogP contribution in [-0.4, -0.2) is 23.6 Å². The lowest BCUT2D eigenvalue weighted by Gasteiger charge is -2.02. The monoisotopic (exact) mass is 400 g/mol. The third-order valence-corrected chi connectivity index (χ3v) is 5.20. The number of amides is 1. The fourth-order valence-electron chi connectivity index (χ4n) is 2.63. The van der Waals surface area contributed by atoms with E-state index in [0.717, 1.165) is 15.8 Å². The van der Waals surface area contributed by atoms with Gasteiger partial charge in [0, 0.05) is 11.6 Å². The molecule has 0 spiro atoms. The molecule has 1 aromatic heterocycles. The second-order valence-corrected chi connectivity index (χ2v) is 7.21. The largest absolute Gasteiger partial charge is 0.465 e. The highest BCUT2D eigenvalue weighted by molar-refractivity contribution is 7.16. The van der Waals surface area contributed by atoms with Crippen molar-refractivity contribution < 1.29 is 14.3 Å². The molecule has 2 aromatic carbocycles. The molecular weight excluding hydrogens is 384 g/mol. The van der Waals surface area contributed by atoms with E-state index in [1.165, 1.54) is 18.4 Å². The van der Waals surface area contributed by atoms with Crippen LogP contribution in [0.25, 0.3) is 10.2 Å². The van der Waals surface area contributed by atoms with Crippen LogP contribution in [0.15, 0.2) is 60.1 Å². The molecule has 0 fully saturated rings. The van der Waals surface area contributed by atoms with Gasteiger partial charge in [-0.15, -0.1) is 6.58 Å². The molecule has 3 rings (SSSR count). The number of carbonyl (C=O) groups excluding carboxylic acids is 2. The van der Waals surface area contributed by atoms with Gasteiger partial charge < -0.3 is 9.30 Å². The third-order valence-electron chi connectivity index (χ3n) is 3.90. The first-order valence-electron chi connectivity index (χ1n) is 8.16. The Morgan fingerprint density at radius 2 is 2.00 bits per heavy atom. The zero-order valence-corrected chi connectivity index (χ0v) is 16.2. The molecular formula is C20H17ClN2O3S. The van der Waals surface area contributed by atoms with Gasteiger partial charge in [-0.1, -0.05) is 41.1 Å². The number of hydrogen-bond donors (Lipinski definition) is 0. The molecule has 0 unspecified atom stereocenters. The summed E-state index contributed by atoms with van der Waals surface area (Å²) >= 11 is 7.22. The molecule has 138 valence electrons. The molecule has 27 heavy (non-hydrogen) atoms. The number of esters is 1. The van der Waals surface area contributed by atoms with Crippen LogP contribution >= 0.6 is 22.9 Å². The number of aromatic nitrogens is 1. The van der Waals surface area contributed by atoms with Gasteiger partial charge in [-0.2, -0.15) is 4.99 Å². The normalized spacial score (nSPS) is 11.6. The summed E-state index contributed by atoms with van der Waals surface area (Å²) in [5, 5.41) is 0.623. The summed E-state index contributed by atoms with van der Waals surface area (Å²) in [6.07, 6.45) is 1.93. The molecule has 0 N–H and O–H groups in total. The van der Waals surface area contributed by atoms with Gasteiger partial charge >= 0.3 is 5.97 Å². The molecule has 5 nitrogen and oxygen atoms in total. The zero-order valence-electron chi connectivity index (χ0n) is 14.6. The number of fused-ring (bicyclic) bond motifs is 1. The number of benzene rings is 2. The predicted molar refractivity (Wildman–Crippen MR) is 107 cm³/mol. The second-order valence-electron chi connectivity index (χ2n) is 5.77. The topological polar surface area (TPSA) is 60.7 Å². The minimum absolute atomic E-state index is 0.187. The fraction of sp³-hybridized carbons (Fsp3) is 0.150. The molecule has 0 aliphatic rings. The number of nitrogens with zero attached hydrogens (tertiary/aromatic N) is 2. The van der Waals surface area contributed by atoms with E-state index in [4.69, 9.17) is 16.3 Å². The van der Waals surface area contributed by atoms with Crippen LogP contribution < -0.4 is 4.80 Å². The van der Waals surface area contributed by atoms with E-state index in [1.54, 1.807) is 42.5 Å². The van der Waals surface area contributed by atoms with Crippen molar-refractivity contribution in [2.24, 2.45) is 4.99 Å². The van der Waals surface area contributed by atoms with Gasteiger partial charge in [0.25, 0.3) is 5.91 Å². The molecule has 1 amide bonds. The molecule has 0 saturated carbocycles. The van der Waals surface area contributed by atoms with Crippen LogP contribution in [0.2, 0.25) is 5.02 Å². The van der Waals surface area contributed by atoms with Crippen LogP contribution in [0.1, 0.15) is 15.9 Å². The highest BCUT2D eigenvalue weighted by Crippen LogP contribution is 2.20. The van der Waals surface area contributed by atoms with Gasteiger partial charge in [0.2, 0.25) is 0 Å². The summed E-state index contributed by atoms with van der Waals surface area (Å²) < 4.78 is 7.51. The molecule has 0 aliphatic heterocycles. The van der Waals surface area contributed by atoms with Gasteiger partial charge in [0.1, 0.15) is 0 Å². The van der Waals surface area contributed by atoms with E-state index in [9.17, 15) is 9.59 Å². The Hall–Kier alpha value is -2.70. The van der Waals surface area contributed by atoms with E-state index in [2.05, 4.69) is 11.6 Å². The van der Waals surface area contributed by atoms with Crippen molar-refractivity contribution in [3.05, 3.63) is 76.1 Å². The molecule has 0 aliphatic carbocycles. The van der Waals surface area contributed by atoms with Gasteiger partial charge in [-0.25, -0.2) is 4.79 Å². The van der Waals surface area contributed by atoms with Crippen LogP contribution in [0.3, 0.4) is 0 Å². The first-order chi connectivity index (χ1) is 13.0. The Balaban J connectivity index is 2.00. The number of halogens is 1. The summed E-state index contributed by atoms with van der Waals surface area (Å²) in [7, 11) is 1.34. The van der Waals surface area contributed by atoms with Crippen LogP contribution in [0, 0.1) is 0 Å². The Morgan fingerprint density at radius 1 is 1.26 bits per heavy atom. The maximum Gasteiger partial charge on any atom is 0.337 e. The Labute approximate surface area is 165 Å². The second kappa shape index (κ2) is 8.33. The highest BCUT2D eigenvalue weighted by Gasteiger charge is 2.11. The Kier molecular flexibility index (Phi) is 5.88. The Morgan fingerprint density at radius 3 is 2.67 bits per heavy atom. The number of thiazole rings is 1. The van der Waals surface area contributed by atoms with Crippen molar-refractivity contribution in [1.82, 2.24) is 4.57 Å². The fourth-order valence-corrected chi connectivity index (χ4v) is 3.85. The van der Waals surface area contributed by atoms with Crippen LogP contribution in [0.4, 0.5) is 0 Å². The number of rotatable bonds is 5. The lowest BCUT2D eigenvalue weighted by molar-refractivity contribution is -0.117. The molecule has 1 heterocycles. The predicted octanol–water partition coefficient (Wildman–Crippen LogP) is 4.00. The van der Waals surface area contributed by atoms with Crippen molar-refractivity contribution >= 4 is 45.0 Å². The number of methoxy groups -OCH3 is 1. The summed E-state index contributed by atoms with van der Waals surface area (Å²) in [6, 6.07) is 12.4. The average Bonchev–Trinajstić information content (AvgIpc) is 2.99. The first-order valence-corrected chi connectivity index (χ1v) is 9.36. The average molecular weight is 401 g/mol. The molecule has 0 radical (unpaired) electrons. The summed E-state index contributed by atoms with van der Waals surface area (Å²) in [5.41, 5.74) is 2.18. The van der Waals surface area contributed by atoms with Gasteiger partial charge in [0.05, 0.1) is 29.3 Å². The van der Waals surface area contributed by atoms with E-state index in [-0.39, 0.29) is 12.3 Å². The number of carbonyl (C=O) groups is 2. The number of allylic oxidation sites excluding steroid dienone is 1. The zero-order chi connectivity index (χ0) is 19.4. The lowest BCUT2D eigenvalue weighted by atomic mass is 10.1. The van der Waals surface area contributed by atoms with Crippen molar-refractivity contribution in [2.45, 2.75) is 13.0 Å². The highest BCUT2D eigenvalue weighted by atomic mass is 35.5. The smallest absolute Gasteiger partial charge is 0.337 e. The van der Waals surface area contributed by atoms with E-state index < -0.39 is 5.97 Å². The van der Waals surface area contributed by atoms with Crippen molar-refractivity contribution in [3.8, 4) is 0 Å². The summed E-state index contributed by atoms with van der Waals surface area (Å²) in [4.78, 5) is 29.0. The standard InChI is InChI=1S/C20H17ClN2O3S/c1-3-10-23-16-9-6-14(19(25)26-2)12-17(16)27-20(23)22-18(24)11-13-4-7-15(21)8-5-13/h3-9,12H,1,10-11H2,2H3. The maximum atomic E-state index is 12.4. The molecule has 3 aromatic rings. The van der Waals surface area contributed by atoms with E-state index in [0.29, 0.717) is 21.9 Å². The van der Waals surface area contributed by atoms with E-state index in [1.807, 2.05) is 10.6 Å². The van der Waals surface area contributed by atoms with E-state index >= 15 is 0 Å². The van der Waals surface area contributed by atoms with Crippen molar-refractivity contribution in [1.29, 1.82) is 0 Å². The molecule has 0 saturated heterocycles. The van der Waals surface area contributed by atoms with Crippen LogP contribution in [0.5, 0.6) is 0 Å². The maximum absolute atomic E-state index is 12.4. The summed E-state index contributed by atoms with van der Waals surface area (Å²) in [6.45, 7) is 4.27. The quantitative estimate of drug-likeness (QED) is 0.480. The SMILES string of the molecule is C=CCn1c(=NC(=O)Cc2ccc(Cl)cc2)sc2cc(C(=O)OC)ccc21. The van der Waals surface area contributed by atoms with Crippen molar-refractivity contribution in [3.63, 3.8) is 0 Å². The van der Waals surface area contributed by atoms with Gasteiger partial charge in [-0.05, 0) is 35.9 Å². The van der Waals surface area contributed by atoms with Gasteiger partial charge in [0.15, 0.2) is 4.80 Å². The molecule has 0 atom stereocenters. The minimum atomic E-state index is -0.405. The lowest BCUT2D eigenvalue weighted by Crippen LogP contribution is -2.16.